The molecular weight excluding hydrogens is 432 g/mol. The standard InChI is InChI=1S/C30H30N4O/c1-3-4-12-28-33-30(17-8-9-18-30)29(35)34(28)21-25-15-13-24(20-32-25)26-19-23(14-16-27(26)31-2)22-10-6-5-7-11-22/h5-7,10-11,13-16,19-20H,3-4,8-9,12,17-18,21H2,1H3. The number of aliphatic imine (C=N–C) groups is 1. The van der Waals surface area contributed by atoms with Gasteiger partial charge in [0.05, 0.1) is 18.8 Å². The maximum Gasteiger partial charge on any atom is 0.256 e. The Morgan fingerprint density at radius 2 is 1.77 bits per heavy atom. The molecule has 176 valence electrons. The summed E-state index contributed by atoms with van der Waals surface area (Å²) in [5.41, 5.74) is 4.87. The van der Waals surface area contributed by atoms with E-state index in [0.29, 0.717) is 12.2 Å². The monoisotopic (exact) mass is 462 g/mol. The predicted octanol–water partition coefficient (Wildman–Crippen LogP) is 7.21. The average molecular weight is 463 g/mol. The highest BCUT2D eigenvalue weighted by molar-refractivity contribution is 6.08. The van der Waals surface area contributed by atoms with Crippen molar-refractivity contribution in [3.8, 4) is 22.3 Å². The fourth-order valence-electron chi connectivity index (χ4n) is 5.21. The summed E-state index contributed by atoms with van der Waals surface area (Å²) in [7, 11) is 0. The molecule has 1 aromatic heterocycles. The van der Waals surface area contributed by atoms with Gasteiger partial charge < -0.3 is 0 Å². The molecule has 5 heteroatoms. The SMILES string of the molecule is [C-]#[N+]c1ccc(-c2ccccc2)cc1-c1ccc(CN2C(=O)C3(CCCC3)N=C2CCCC)nc1. The van der Waals surface area contributed by atoms with E-state index in [1.165, 1.54) is 0 Å². The van der Waals surface area contributed by atoms with Gasteiger partial charge in [0.1, 0.15) is 11.4 Å². The van der Waals surface area contributed by atoms with Crippen molar-refractivity contribution in [1.82, 2.24) is 9.88 Å². The van der Waals surface area contributed by atoms with Crippen LogP contribution in [0.2, 0.25) is 0 Å². The summed E-state index contributed by atoms with van der Waals surface area (Å²) in [6.45, 7) is 10.2. The van der Waals surface area contributed by atoms with Crippen molar-refractivity contribution >= 4 is 17.4 Å². The molecule has 3 aromatic rings. The van der Waals surface area contributed by atoms with Crippen LogP contribution in [0.15, 0.2) is 71.9 Å². The summed E-state index contributed by atoms with van der Waals surface area (Å²) < 4.78 is 0. The molecule has 0 radical (unpaired) electrons. The average Bonchev–Trinajstić information content (AvgIpc) is 3.48. The lowest BCUT2D eigenvalue weighted by atomic mass is 9.98. The lowest BCUT2D eigenvalue weighted by Gasteiger charge is -2.22. The molecule has 35 heavy (non-hydrogen) atoms. The zero-order chi connectivity index (χ0) is 24.3. The smallest absolute Gasteiger partial charge is 0.256 e. The van der Waals surface area contributed by atoms with Gasteiger partial charge in [-0.15, -0.1) is 0 Å². The quantitative estimate of drug-likeness (QED) is 0.348. The maximum atomic E-state index is 13.4. The van der Waals surface area contributed by atoms with Crippen LogP contribution in [0, 0.1) is 6.57 Å². The van der Waals surface area contributed by atoms with E-state index in [1.54, 1.807) is 0 Å². The van der Waals surface area contributed by atoms with E-state index in [1.807, 2.05) is 53.6 Å². The molecule has 5 nitrogen and oxygen atoms in total. The summed E-state index contributed by atoms with van der Waals surface area (Å²) in [5, 5.41) is 0. The summed E-state index contributed by atoms with van der Waals surface area (Å²) in [5.74, 6) is 1.08. The number of aromatic nitrogens is 1. The van der Waals surface area contributed by atoms with Crippen molar-refractivity contribution in [3.05, 3.63) is 84.0 Å². The first-order valence-corrected chi connectivity index (χ1v) is 12.6. The molecule has 5 rings (SSSR count). The second-order valence-electron chi connectivity index (χ2n) is 9.51. The van der Waals surface area contributed by atoms with Gasteiger partial charge in [0.15, 0.2) is 5.69 Å². The van der Waals surface area contributed by atoms with Crippen molar-refractivity contribution < 1.29 is 4.79 Å². The third-order valence-corrected chi connectivity index (χ3v) is 7.16. The first kappa shape index (κ1) is 23.0. The van der Waals surface area contributed by atoms with E-state index in [9.17, 15) is 4.79 Å². The second kappa shape index (κ2) is 9.84. The van der Waals surface area contributed by atoms with E-state index in [2.05, 4.69) is 30.0 Å². The van der Waals surface area contributed by atoms with Crippen LogP contribution in [0.5, 0.6) is 0 Å². The van der Waals surface area contributed by atoms with Crippen LogP contribution in [-0.2, 0) is 11.3 Å². The highest BCUT2D eigenvalue weighted by atomic mass is 16.2. The zero-order valence-electron chi connectivity index (χ0n) is 20.2. The number of amidine groups is 1. The minimum Gasteiger partial charge on any atom is -0.292 e. The van der Waals surface area contributed by atoms with Crippen LogP contribution >= 0.6 is 0 Å². The summed E-state index contributed by atoms with van der Waals surface area (Å²) >= 11 is 0. The van der Waals surface area contributed by atoms with Gasteiger partial charge >= 0.3 is 0 Å². The minimum atomic E-state index is -0.522. The Balaban J connectivity index is 1.40. The van der Waals surface area contributed by atoms with Gasteiger partial charge in [-0.2, -0.15) is 0 Å². The molecule has 1 saturated carbocycles. The Hall–Kier alpha value is -3.78. The van der Waals surface area contributed by atoms with Gasteiger partial charge in [0.2, 0.25) is 0 Å². The second-order valence-corrected chi connectivity index (χ2v) is 9.51. The highest BCUT2D eigenvalue weighted by Crippen LogP contribution is 2.40. The number of rotatable bonds is 7. The normalized spacial score (nSPS) is 16.5. The fraction of sp³-hybridized carbons (Fsp3) is 0.333. The van der Waals surface area contributed by atoms with Crippen LogP contribution in [-0.4, -0.2) is 27.2 Å². The summed E-state index contributed by atoms with van der Waals surface area (Å²) in [6.07, 6.45) is 8.63. The lowest BCUT2D eigenvalue weighted by molar-refractivity contribution is -0.131. The minimum absolute atomic E-state index is 0.151. The molecule has 0 bridgehead atoms. The molecule has 0 unspecified atom stereocenters. The molecule has 0 saturated heterocycles. The Bertz CT molecular complexity index is 1280. The molecule has 1 amide bonds. The Kier molecular flexibility index (Phi) is 6.46. The van der Waals surface area contributed by atoms with Gasteiger partial charge in [-0.05, 0) is 47.6 Å². The third kappa shape index (κ3) is 4.49. The molecule has 1 fully saturated rings. The van der Waals surface area contributed by atoms with Crippen LogP contribution in [0.3, 0.4) is 0 Å². The van der Waals surface area contributed by atoms with Gasteiger partial charge in [-0.3, -0.25) is 19.7 Å². The molecule has 1 aliphatic carbocycles. The number of benzene rings is 2. The fourth-order valence-corrected chi connectivity index (χ4v) is 5.21. The topological polar surface area (TPSA) is 49.9 Å². The molecule has 1 aliphatic heterocycles. The van der Waals surface area contributed by atoms with Crippen LogP contribution < -0.4 is 0 Å². The number of carbonyl (C=O) groups is 1. The van der Waals surface area contributed by atoms with Crippen LogP contribution in [0.1, 0.15) is 57.6 Å². The molecule has 0 N–H and O–H groups in total. The van der Waals surface area contributed by atoms with E-state index >= 15 is 0 Å². The first-order chi connectivity index (χ1) is 17.1. The van der Waals surface area contributed by atoms with Crippen molar-refractivity contribution in [2.45, 2.75) is 64.0 Å². The first-order valence-electron chi connectivity index (χ1n) is 12.6. The molecule has 2 aliphatic rings. The summed E-state index contributed by atoms with van der Waals surface area (Å²) in [4.78, 5) is 28.7. The van der Waals surface area contributed by atoms with Crippen LogP contribution in [0.4, 0.5) is 5.69 Å². The van der Waals surface area contributed by atoms with Gasteiger partial charge in [0.25, 0.3) is 5.91 Å². The number of carbonyl (C=O) groups excluding carboxylic acids is 1. The molecule has 2 aromatic carbocycles. The number of hydrogen-bond acceptors (Lipinski definition) is 3. The van der Waals surface area contributed by atoms with E-state index in [-0.39, 0.29) is 5.91 Å². The number of amides is 1. The van der Waals surface area contributed by atoms with Crippen molar-refractivity contribution in [1.29, 1.82) is 0 Å². The third-order valence-electron chi connectivity index (χ3n) is 7.16. The van der Waals surface area contributed by atoms with Crippen molar-refractivity contribution in [2.75, 3.05) is 0 Å². The van der Waals surface area contributed by atoms with Crippen molar-refractivity contribution in [2.24, 2.45) is 4.99 Å². The zero-order valence-corrected chi connectivity index (χ0v) is 20.2. The molecule has 0 atom stereocenters. The highest BCUT2D eigenvalue weighted by Gasteiger charge is 2.49. The van der Waals surface area contributed by atoms with Crippen molar-refractivity contribution in [3.63, 3.8) is 0 Å². The molecule has 1 spiro atoms. The van der Waals surface area contributed by atoms with Gasteiger partial charge in [-0.1, -0.05) is 80.8 Å². The maximum absolute atomic E-state index is 13.4. The Morgan fingerprint density at radius 3 is 2.46 bits per heavy atom. The van der Waals surface area contributed by atoms with E-state index in [0.717, 1.165) is 78.7 Å². The number of unbranched alkanes of at least 4 members (excludes halogenated alkanes) is 1. The molecule has 2 heterocycles. The summed E-state index contributed by atoms with van der Waals surface area (Å²) in [6, 6.07) is 20.1. The number of hydrogen-bond donors (Lipinski definition) is 0. The number of nitrogens with zero attached hydrogens (tertiary/aromatic N) is 4. The van der Waals surface area contributed by atoms with Gasteiger partial charge in [0, 0.05) is 12.6 Å². The van der Waals surface area contributed by atoms with E-state index in [4.69, 9.17) is 16.5 Å². The lowest BCUT2D eigenvalue weighted by Crippen LogP contribution is -2.40. The largest absolute Gasteiger partial charge is 0.292 e. The number of pyridine rings is 1. The van der Waals surface area contributed by atoms with Gasteiger partial charge in [-0.25, -0.2) is 4.85 Å². The Labute approximate surface area is 207 Å². The Morgan fingerprint density at radius 1 is 1.00 bits per heavy atom. The van der Waals surface area contributed by atoms with Crippen LogP contribution in [0.25, 0.3) is 27.1 Å². The van der Waals surface area contributed by atoms with E-state index < -0.39 is 5.54 Å². The predicted molar refractivity (Wildman–Crippen MR) is 140 cm³/mol. The molecular formula is C30H30N4O.